The van der Waals surface area contributed by atoms with Crippen LogP contribution in [-0.2, 0) is 0 Å². The lowest BCUT2D eigenvalue weighted by atomic mass is 9.72. The summed E-state index contributed by atoms with van der Waals surface area (Å²) in [6.07, 6.45) is 3.79. The minimum Gasteiger partial charge on any atom is -0.392 e. The molecule has 1 aromatic carbocycles. The van der Waals surface area contributed by atoms with E-state index in [0.717, 1.165) is 44.5 Å². The van der Waals surface area contributed by atoms with Gasteiger partial charge in [-0.15, -0.1) is 0 Å². The predicted octanol–water partition coefficient (Wildman–Crippen LogP) is 1.05. The second kappa shape index (κ2) is 6.57. The first-order chi connectivity index (χ1) is 12.2. The molecule has 0 radical (unpaired) electrons. The van der Waals surface area contributed by atoms with E-state index in [1.54, 1.807) is 0 Å². The van der Waals surface area contributed by atoms with E-state index in [9.17, 15) is 9.90 Å². The van der Waals surface area contributed by atoms with Crippen molar-refractivity contribution >= 4 is 5.91 Å². The molecule has 2 aromatic rings. The zero-order valence-corrected chi connectivity index (χ0v) is 14.1. The Balaban J connectivity index is 1.50. The minimum atomic E-state index is -0.335. The van der Waals surface area contributed by atoms with Gasteiger partial charge < -0.3 is 15.3 Å². The highest BCUT2D eigenvalue weighted by molar-refractivity contribution is 5.94. The molecule has 2 fully saturated rings. The Hall–Kier alpha value is -2.25. The number of aromatic amines is 1. The highest BCUT2D eigenvalue weighted by Gasteiger charge is 2.44. The first-order valence-electron chi connectivity index (χ1n) is 8.82. The van der Waals surface area contributed by atoms with Crippen LogP contribution in [0.25, 0.3) is 11.4 Å². The van der Waals surface area contributed by atoms with Crippen molar-refractivity contribution in [2.24, 2.45) is 5.41 Å². The van der Waals surface area contributed by atoms with Gasteiger partial charge in [-0.1, -0.05) is 12.1 Å². The van der Waals surface area contributed by atoms with Crippen LogP contribution in [0.4, 0.5) is 0 Å². The third-order valence-corrected chi connectivity index (χ3v) is 5.49. The second-order valence-electron chi connectivity index (χ2n) is 7.09. The van der Waals surface area contributed by atoms with E-state index >= 15 is 0 Å². The van der Waals surface area contributed by atoms with Crippen LogP contribution in [0.5, 0.6) is 0 Å². The van der Waals surface area contributed by atoms with Crippen LogP contribution in [0.2, 0.25) is 0 Å². The van der Waals surface area contributed by atoms with Gasteiger partial charge >= 0.3 is 0 Å². The zero-order chi connectivity index (χ0) is 17.3. The molecule has 25 heavy (non-hydrogen) atoms. The fourth-order valence-corrected chi connectivity index (χ4v) is 4.05. The van der Waals surface area contributed by atoms with Gasteiger partial charge in [0.1, 0.15) is 6.33 Å². The Kier molecular flexibility index (Phi) is 4.27. The molecule has 1 spiro atoms. The van der Waals surface area contributed by atoms with Crippen LogP contribution in [0.1, 0.15) is 29.6 Å². The van der Waals surface area contributed by atoms with Crippen LogP contribution in [-0.4, -0.2) is 63.4 Å². The number of likely N-dealkylation sites (tertiary alicyclic amines) is 1. The van der Waals surface area contributed by atoms with Crippen molar-refractivity contribution in [3.05, 3.63) is 36.2 Å². The van der Waals surface area contributed by atoms with Crippen LogP contribution < -0.4 is 5.32 Å². The average Bonchev–Trinajstić information content (AvgIpc) is 3.19. The number of nitrogens with one attached hydrogen (secondary N) is 2. The summed E-state index contributed by atoms with van der Waals surface area (Å²) in [5.41, 5.74) is 1.36. The normalized spacial score (nSPS) is 26.8. The smallest absolute Gasteiger partial charge is 0.253 e. The Labute approximate surface area is 146 Å². The number of aliphatic hydroxyl groups is 1. The van der Waals surface area contributed by atoms with Gasteiger partial charge in [-0.3, -0.25) is 9.89 Å². The van der Waals surface area contributed by atoms with E-state index in [0.29, 0.717) is 17.9 Å². The van der Waals surface area contributed by atoms with Crippen LogP contribution >= 0.6 is 0 Å². The first-order valence-corrected chi connectivity index (χ1v) is 8.82. The number of hydrogen-bond donors (Lipinski definition) is 3. The summed E-state index contributed by atoms with van der Waals surface area (Å²) < 4.78 is 0. The van der Waals surface area contributed by atoms with Gasteiger partial charge in [-0.2, -0.15) is 5.10 Å². The van der Waals surface area contributed by atoms with Crippen molar-refractivity contribution in [1.82, 2.24) is 25.4 Å². The maximum atomic E-state index is 12.9. The van der Waals surface area contributed by atoms with Gasteiger partial charge in [0.15, 0.2) is 5.82 Å². The Morgan fingerprint density at radius 1 is 1.32 bits per heavy atom. The summed E-state index contributed by atoms with van der Waals surface area (Å²) in [5.74, 6) is 0.716. The fourth-order valence-electron chi connectivity index (χ4n) is 4.05. The molecule has 2 atom stereocenters. The molecule has 132 valence electrons. The molecular weight excluding hydrogens is 318 g/mol. The number of aromatic nitrogens is 3. The molecule has 1 amide bonds. The molecule has 3 N–H and O–H groups in total. The predicted molar refractivity (Wildman–Crippen MR) is 92.9 cm³/mol. The number of benzene rings is 1. The number of nitrogens with zero attached hydrogens (tertiary/aromatic N) is 3. The van der Waals surface area contributed by atoms with E-state index in [4.69, 9.17) is 0 Å². The SMILES string of the molecule is O=C(c1ccc(-c2ncn[nH]2)cc1)N1CCC[C@]2(CNCC[C@@H]2O)C1. The van der Waals surface area contributed by atoms with Crippen LogP contribution in [0.3, 0.4) is 0 Å². The van der Waals surface area contributed by atoms with Gasteiger partial charge in [0.2, 0.25) is 0 Å². The van der Waals surface area contributed by atoms with Crippen molar-refractivity contribution in [2.75, 3.05) is 26.2 Å². The summed E-state index contributed by atoms with van der Waals surface area (Å²) in [4.78, 5) is 18.9. The van der Waals surface area contributed by atoms with Gasteiger partial charge in [-0.05, 0) is 37.9 Å². The molecule has 0 bridgehead atoms. The second-order valence-corrected chi connectivity index (χ2v) is 7.09. The molecule has 2 saturated heterocycles. The lowest BCUT2D eigenvalue weighted by Crippen LogP contribution is -2.58. The number of H-pyrrole nitrogens is 1. The van der Waals surface area contributed by atoms with Crippen LogP contribution in [0.15, 0.2) is 30.6 Å². The largest absolute Gasteiger partial charge is 0.392 e. The topological polar surface area (TPSA) is 94.1 Å². The molecule has 0 saturated carbocycles. The summed E-state index contributed by atoms with van der Waals surface area (Å²) in [6, 6.07) is 7.42. The summed E-state index contributed by atoms with van der Waals surface area (Å²) >= 11 is 0. The van der Waals surface area contributed by atoms with Crippen molar-refractivity contribution in [2.45, 2.75) is 25.4 Å². The van der Waals surface area contributed by atoms with Crippen molar-refractivity contribution in [3.8, 4) is 11.4 Å². The lowest BCUT2D eigenvalue weighted by molar-refractivity contribution is -0.0433. The van der Waals surface area contributed by atoms with E-state index in [2.05, 4.69) is 20.5 Å². The standard InChI is InChI=1S/C18H23N5O2/c24-15-6-8-19-10-18(15)7-1-9-23(11-18)17(25)14-4-2-13(3-5-14)16-20-12-21-22-16/h2-5,12,15,19,24H,1,6-11H2,(H,20,21,22)/t15-,18-/m0/s1. The quantitative estimate of drug-likeness (QED) is 0.759. The molecule has 7 heteroatoms. The summed E-state index contributed by atoms with van der Waals surface area (Å²) in [5, 5.41) is 20.5. The Bertz CT molecular complexity index is 726. The van der Waals surface area contributed by atoms with E-state index in [1.807, 2.05) is 29.2 Å². The molecule has 2 aliphatic heterocycles. The monoisotopic (exact) mass is 341 g/mol. The fraction of sp³-hybridized carbons (Fsp3) is 0.500. The Morgan fingerprint density at radius 3 is 2.88 bits per heavy atom. The number of carbonyl (C=O) groups excluding carboxylic acids is 1. The first kappa shape index (κ1) is 16.2. The molecule has 7 nitrogen and oxygen atoms in total. The lowest BCUT2D eigenvalue weighted by Gasteiger charge is -2.48. The van der Waals surface area contributed by atoms with Gasteiger partial charge in [0, 0.05) is 36.2 Å². The number of piperidine rings is 2. The van der Waals surface area contributed by atoms with Crippen molar-refractivity contribution < 1.29 is 9.90 Å². The maximum Gasteiger partial charge on any atom is 0.253 e. The number of carbonyl (C=O) groups is 1. The molecule has 1 aromatic heterocycles. The molecule has 4 rings (SSSR count). The summed E-state index contributed by atoms with van der Waals surface area (Å²) in [7, 11) is 0. The molecular formula is C18H23N5O2. The van der Waals surface area contributed by atoms with E-state index < -0.39 is 0 Å². The highest BCUT2D eigenvalue weighted by Crippen LogP contribution is 2.36. The van der Waals surface area contributed by atoms with Crippen LogP contribution in [0, 0.1) is 5.41 Å². The van der Waals surface area contributed by atoms with Gasteiger partial charge in [-0.25, -0.2) is 4.98 Å². The summed E-state index contributed by atoms with van der Waals surface area (Å²) in [6.45, 7) is 2.99. The molecule has 2 aliphatic rings. The number of rotatable bonds is 2. The average molecular weight is 341 g/mol. The van der Waals surface area contributed by atoms with E-state index in [1.165, 1.54) is 6.33 Å². The highest BCUT2D eigenvalue weighted by atomic mass is 16.3. The molecule has 0 aliphatic carbocycles. The zero-order valence-electron chi connectivity index (χ0n) is 14.1. The molecule has 0 unspecified atom stereocenters. The number of hydrogen-bond acceptors (Lipinski definition) is 5. The third-order valence-electron chi connectivity index (χ3n) is 5.49. The van der Waals surface area contributed by atoms with E-state index in [-0.39, 0.29) is 17.4 Å². The third kappa shape index (κ3) is 3.05. The van der Waals surface area contributed by atoms with Gasteiger partial charge in [0.25, 0.3) is 5.91 Å². The van der Waals surface area contributed by atoms with Crippen molar-refractivity contribution in [3.63, 3.8) is 0 Å². The Morgan fingerprint density at radius 2 is 2.16 bits per heavy atom. The van der Waals surface area contributed by atoms with Crippen molar-refractivity contribution in [1.29, 1.82) is 0 Å². The number of aliphatic hydroxyl groups excluding tert-OH is 1. The maximum absolute atomic E-state index is 12.9. The minimum absolute atomic E-state index is 0.0287. The van der Waals surface area contributed by atoms with Gasteiger partial charge in [0.05, 0.1) is 6.10 Å². The number of amides is 1. The molecule has 3 heterocycles.